The van der Waals surface area contributed by atoms with Gasteiger partial charge in [-0.2, -0.15) is 18.3 Å². The number of urea groups is 1. The lowest BCUT2D eigenvalue weighted by molar-refractivity contribution is -0.137. The number of halogens is 3. The molecular formula is C20H16F3N5O2. The van der Waals surface area contributed by atoms with Crippen molar-refractivity contribution in [2.75, 3.05) is 5.32 Å². The Hall–Kier alpha value is -3.69. The van der Waals surface area contributed by atoms with Crippen molar-refractivity contribution < 1.29 is 22.8 Å². The maximum atomic E-state index is 13.1. The number of anilines is 1. The van der Waals surface area contributed by atoms with Gasteiger partial charge >= 0.3 is 12.2 Å². The molecule has 4 rings (SSSR count). The quantitative estimate of drug-likeness (QED) is 0.602. The van der Waals surface area contributed by atoms with Crippen molar-refractivity contribution in [2.24, 2.45) is 10.9 Å². The van der Waals surface area contributed by atoms with Crippen molar-refractivity contribution in [3.8, 4) is 0 Å². The Balaban J connectivity index is 1.67. The number of nitrogens with zero attached hydrogens (tertiary/aromatic N) is 2. The zero-order chi connectivity index (χ0) is 21.5. The number of rotatable bonds is 3. The van der Waals surface area contributed by atoms with Crippen molar-refractivity contribution in [1.29, 1.82) is 0 Å². The highest BCUT2D eigenvalue weighted by atomic mass is 19.4. The summed E-state index contributed by atoms with van der Waals surface area (Å²) in [6.07, 6.45) is -2.94. The van der Waals surface area contributed by atoms with Crippen LogP contribution in [0.3, 0.4) is 0 Å². The zero-order valence-electron chi connectivity index (χ0n) is 15.6. The molecule has 7 nitrogen and oxygen atoms in total. The van der Waals surface area contributed by atoms with Crippen molar-refractivity contribution in [3.63, 3.8) is 0 Å². The fourth-order valence-corrected chi connectivity index (χ4v) is 3.49. The lowest BCUT2D eigenvalue weighted by atomic mass is 9.86. The van der Waals surface area contributed by atoms with Gasteiger partial charge < -0.3 is 10.6 Å². The second-order valence-corrected chi connectivity index (χ2v) is 6.94. The lowest BCUT2D eigenvalue weighted by Crippen LogP contribution is -2.45. The number of H-pyrrole nitrogens is 1. The molecule has 2 atom stereocenters. The van der Waals surface area contributed by atoms with Gasteiger partial charge in [-0.3, -0.25) is 9.89 Å². The number of carbonyl (C=O) groups is 2. The van der Waals surface area contributed by atoms with E-state index in [1.54, 1.807) is 24.4 Å². The Bertz CT molecular complexity index is 1170. The summed E-state index contributed by atoms with van der Waals surface area (Å²) in [6, 6.07) is 7.98. The molecule has 0 radical (unpaired) electrons. The van der Waals surface area contributed by atoms with Gasteiger partial charge in [0.15, 0.2) is 0 Å². The fraction of sp³-hybridized carbons (Fsp3) is 0.200. The molecular weight excluding hydrogens is 399 g/mol. The Morgan fingerprint density at radius 2 is 1.97 bits per heavy atom. The van der Waals surface area contributed by atoms with Crippen LogP contribution in [0, 0.1) is 5.92 Å². The number of amides is 3. The molecule has 2 unspecified atom stereocenters. The molecule has 0 saturated heterocycles. The molecule has 0 saturated carbocycles. The van der Waals surface area contributed by atoms with Gasteiger partial charge in [0.1, 0.15) is 5.92 Å². The molecule has 10 heteroatoms. The molecule has 1 aliphatic heterocycles. The molecule has 2 aromatic carbocycles. The second-order valence-electron chi connectivity index (χ2n) is 6.94. The summed E-state index contributed by atoms with van der Waals surface area (Å²) >= 11 is 0. The minimum atomic E-state index is -4.55. The minimum absolute atomic E-state index is 0.165. The van der Waals surface area contributed by atoms with Crippen LogP contribution in [0.15, 0.2) is 53.7 Å². The highest BCUT2D eigenvalue weighted by Crippen LogP contribution is 2.34. The molecule has 30 heavy (non-hydrogen) atoms. The number of alkyl halides is 3. The first-order valence-corrected chi connectivity index (χ1v) is 8.99. The standard InChI is InChI=1S/C20H16F3N5O2/c1-10-16(18(29)26-14-5-6-15-12(8-14)9-24-28-15)17(27-19(30)25-10)11-3-2-4-13(7-11)20(21,22)23/h2-9,16-17H,1H3,(H,24,28)(H,26,29)(H,27,30). The van der Waals surface area contributed by atoms with E-state index in [1.807, 2.05) is 0 Å². The van der Waals surface area contributed by atoms with Crippen LogP contribution in [0.2, 0.25) is 0 Å². The third kappa shape index (κ3) is 3.76. The van der Waals surface area contributed by atoms with Crippen LogP contribution in [-0.2, 0) is 11.0 Å². The van der Waals surface area contributed by atoms with Crippen LogP contribution >= 0.6 is 0 Å². The number of aromatic amines is 1. The van der Waals surface area contributed by atoms with Crippen LogP contribution in [0.1, 0.15) is 24.1 Å². The number of nitrogens with one attached hydrogen (secondary N) is 3. The van der Waals surface area contributed by atoms with E-state index in [0.29, 0.717) is 5.69 Å². The summed E-state index contributed by atoms with van der Waals surface area (Å²) in [6.45, 7) is 1.50. The topological polar surface area (TPSA) is 99.2 Å². The van der Waals surface area contributed by atoms with Gasteiger partial charge in [-0.25, -0.2) is 9.79 Å². The summed E-state index contributed by atoms with van der Waals surface area (Å²) in [7, 11) is 0. The van der Waals surface area contributed by atoms with E-state index in [2.05, 4.69) is 25.8 Å². The van der Waals surface area contributed by atoms with Gasteiger partial charge in [0.25, 0.3) is 0 Å². The largest absolute Gasteiger partial charge is 0.416 e. The molecule has 3 amide bonds. The van der Waals surface area contributed by atoms with E-state index in [9.17, 15) is 22.8 Å². The molecule has 3 N–H and O–H groups in total. The van der Waals surface area contributed by atoms with E-state index in [4.69, 9.17) is 0 Å². The first-order chi connectivity index (χ1) is 14.2. The van der Waals surface area contributed by atoms with Gasteiger partial charge in [-0.05, 0) is 42.8 Å². The van der Waals surface area contributed by atoms with E-state index >= 15 is 0 Å². The zero-order valence-corrected chi connectivity index (χ0v) is 15.6. The van der Waals surface area contributed by atoms with Crippen LogP contribution in [0.4, 0.5) is 23.7 Å². The van der Waals surface area contributed by atoms with Gasteiger partial charge in [0.2, 0.25) is 5.91 Å². The molecule has 1 aromatic heterocycles. The van der Waals surface area contributed by atoms with Gasteiger partial charge in [0.05, 0.1) is 23.3 Å². The van der Waals surface area contributed by atoms with E-state index in [0.717, 1.165) is 23.0 Å². The first kappa shape index (κ1) is 19.6. The van der Waals surface area contributed by atoms with E-state index < -0.39 is 35.6 Å². The summed E-state index contributed by atoms with van der Waals surface area (Å²) in [5, 5.41) is 12.8. The molecule has 1 aliphatic rings. The highest BCUT2D eigenvalue weighted by Gasteiger charge is 2.38. The maximum absolute atomic E-state index is 13.1. The van der Waals surface area contributed by atoms with Crippen molar-refractivity contribution in [3.05, 3.63) is 59.8 Å². The van der Waals surface area contributed by atoms with Crippen molar-refractivity contribution in [2.45, 2.75) is 19.1 Å². The summed E-state index contributed by atoms with van der Waals surface area (Å²) < 4.78 is 39.4. The van der Waals surface area contributed by atoms with Crippen LogP contribution in [-0.4, -0.2) is 27.8 Å². The number of benzene rings is 2. The Morgan fingerprint density at radius 3 is 2.73 bits per heavy atom. The Labute approximate surface area is 168 Å². The van der Waals surface area contributed by atoms with Gasteiger partial charge in [-0.1, -0.05) is 12.1 Å². The maximum Gasteiger partial charge on any atom is 0.416 e. The number of hydrogen-bond donors (Lipinski definition) is 3. The normalized spacial score (nSPS) is 19.3. The number of fused-ring (bicyclic) bond motifs is 1. The molecule has 0 bridgehead atoms. The molecule has 3 aromatic rings. The predicted octanol–water partition coefficient (Wildman–Crippen LogP) is 4.06. The SMILES string of the molecule is CC1=NC(=O)NC(c2cccc(C(F)(F)F)c2)C1C(=O)Nc1ccc2[nH]ncc2c1. The average molecular weight is 415 g/mol. The van der Waals surface area contributed by atoms with E-state index in [1.165, 1.54) is 19.1 Å². The number of aliphatic imine (C=N–C) groups is 1. The smallest absolute Gasteiger partial charge is 0.328 e. The second kappa shape index (κ2) is 7.29. The minimum Gasteiger partial charge on any atom is -0.328 e. The third-order valence-electron chi connectivity index (χ3n) is 4.90. The third-order valence-corrected chi connectivity index (χ3v) is 4.90. The van der Waals surface area contributed by atoms with Crippen LogP contribution in [0.5, 0.6) is 0 Å². The van der Waals surface area contributed by atoms with Gasteiger partial charge in [0, 0.05) is 16.8 Å². The number of hydrogen-bond acceptors (Lipinski definition) is 3. The van der Waals surface area contributed by atoms with Crippen LogP contribution in [0.25, 0.3) is 10.9 Å². The monoisotopic (exact) mass is 415 g/mol. The first-order valence-electron chi connectivity index (χ1n) is 8.99. The molecule has 154 valence electrons. The fourth-order valence-electron chi connectivity index (χ4n) is 3.49. The van der Waals surface area contributed by atoms with E-state index in [-0.39, 0.29) is 11.3 Å². The number of carbonyl (C=O) groups excluding carboxylic acids is 2. The molecule has 2 heterocycles. The molecule has 0 spiro atoms. The molecule has 0 fully saturated rings. The Morgan fingerprint density at radius 1 is 1.17 bits per heavy atom. The lowest BCUT2D eigenvalue weighted by Gasteiger charge is -2.30. The van der Waals surface area contributed by atoms with Crippen molar-refractivity contribution >= 4 is 34.2 Å². The summed E-state index contributed by atoms with van der Waals surface area (Å²) in [4.78, 5) is 28.7. The average Bonchev–Trinajstić information content (AvgIpc) is 3.14. The molecule has 0 aliphatic carbocycles. The van der Waals surface area contributed by atoms with Crippen LogP contribution < -0.4 is 10.6 Å². The van der Waals surface area contributed by atoms with Crippen molar-refractivity contribution in [1.82, 2.24) is 15.5 Å². The summed E-state index contributed by atoms with van der Waals surface area (Å²) in [5.74, 6) is -1.48. The van der Waals surface area contributed by atoms with Gasteiger partial charge in [-0.15, -0.1) is 0 Å². The summed E-state index contributed by atoms with van der Waals surface area (Å²) in [5.41, 5.74) is 0.791. The number of aromatic nitrogens is 2. The Kier molecular flexibility index (Phi) is 4.76. The predicted molar refractivity (Wildman–Crippen MR) is 104 cm³/mol. The highest BCUT2D eigenvalue weighted by molar-refractivity contribution is 6.13.